The van der Waals surface area contributed by atoms with Crippen LogP contribution in [-0.2, 0) is 0 Å². The molecule has 6 heteroatoms. The van der Waals surface area contributed by atoms with Crippen molar-refractivity contribution in [3.05, 3.63) is 76.3 Å². The van der Waals surface area contributed by atoms with Gasteiger partial charge in [0.15, 0.2) is 0 Å². The van der Waals surface area contributed by atoms with E-state index in [2.05, 4.69) is 26.2 Å². The summed E-state index contributed by atoms with van der Waals surface area (Å²) in [6.07, 6.45) is 0.548. The molecule has 0 aliphatic rings. The highest BCUT2D eigenvalue weighted by Gasteiger charge is 2.18. The van der Waals surface area contributed by atoms with Crippen molar-refractivity contribution in [1.29, 1.82) is 0 Å². The van der Waals surface area contributed by atoms with Gasteiger partial charge in [-0.05, 0) is 45.8 Å². The first-order valence-electron chi connectivity index (χ1n) is 6.26. The number of benzene rings is 2. The molecule has 0 saturated carbocycles. The Kier molecular flexibility index (Phi) is 3.81. The summed E-state index contributed by atoms with van der Waals surface area (Å²) in [5.74, 6) is -0.374. The minimum Gasteiger partial charge on any atom is -0.382 e. The van der Waals surface area contributed by atoms with E-state index in [1.165, 1.54) is 18.3 Å². The zero-order chi connectivity index (χ0) is 14.8. The van der Waals surface area contributed by atoms with Crippen LogP contribution >= 0.6 is 15.9 Å². The van der Waals surface area contributed by atoms with Crippen LogP contribution < -0.4 is 0 Å². The molecular formula is C15H11BrFN3O. The lowest BCUT2D eigenvalue weighted by Crippen LogP contribution is -2.08. The highest BCUT2D eigenvalue weighted by Crippen LogP contribution is 2.26. The van der Waals surface area contributed by atoms with Crippen molar-refractivity contribution >= 4 is 15.9 Å². The van der Waals surface area contributed by atoms with Crippen molar-refractivity contribution in [3.63, 3.8) is 0 Å². The molecular weight excluding hydrogens is 337 g/mol. The molecule has 1 N–H and O–H groups in total. The molecule has 3 rings (SSSR count). The van der Waals surface area contributed by atoms with Gasteiger partial charge in [0, 0.05) is 0 Å². The molecule has 0 spiro atoms. The maximum Gasteiger partial charge on any atom is 0.137 e. The molecule has 4 nitrogen and oxygen atoms in total. The molecule has 3 aromatic rings. The fourth-order valence-corrected chi connectivity index (χ4v) is 2.45. The SMILES string of the molecule is OC(c1ccc(F)c(Br)c1)c1cnnn1-c1ccccc1. The molecule has 0 fully saturated rings. The molecule has 1 unspecified atom stereocenters. The van der Waals surface area contributed by atoms with E-state index in [0.29, 0.717) is 15.7 Å². The summed E-state index contributed by atoms with van der Waals surface area (Å²) in [5, 5.41) is 18.3. The lowest BCUT2D eigenvalue weighted by atomic mass is 10.1. The maximum atomic E-state index is 13.3. The number of hydrogen-bond acceptors (Lipinski definition) is 3. The predicted molar refractivity (Wildman–Crippen MR) is 79.5 cm³/mol. The van der Waals surface area contributed by atoms with Gasteiger partial charge < -0.3 is 5.11 Å². The normalized spacial score (nSPS) is 12.3. The van der Waals surface area contributed by atoms with Gasteiger partial charge in [0.1, 0.15) is 11.9 Å². The number of aliphatic hydroxyl groups is 1. The minimum absolute atomic E-state index is 0.304. The number of nitrogens with zero attached hydrogens (tertiary/aromatic N) is 3. The summed E-state index contributed by atoms with van der Waals surface area (Å²) in [5.41, 5.74) is 1.87. The van der Waals surface area contributed by atoms with E-state index in [-0.39, 0.29) is 5.82 Å². The summed E-state index contributed by atoms with van der Waals surface area (Å²) in [6, 6.07) is 13.8. The Hall–Kier alpha value is -2.05. The zero-order valence-electron chi connectivity index (χ0n) is 10.8. The largest absolute Gasteiger partial charge is 0.382 e. The summed E-state index contributed by atoms with van der Waals surface area (Å²) in [4.78, 5) is 0. The number of para-hydroxylation sites is 1. The quantitative estimate of drug-likeness (QED) is 0.791. The van der Waals surface area contributed by atoms with Crippen molar-refractivity contribution in [2.24, 2.45) is 0 Å². The van der Waals surface area contributed by atoms with E-state index in [1.54, 1.807) is 10.7 Å². The van der Waals surface area contributed by atoms with Gasteiger partial charge in [-0.25, -0.2) is 9.07 Å². The second-order valence-electron chi connectivity index (χ2n) is 4.48. The third-order valence-corrected chi connectivity index (χ3v) is 3.72. The molecule has 0 saturated heterocycles. The summed E-state index contributed by atoms with van der Waals surface area (Å²) in [6.45, 7) is 0. The van der Waals surface area contributed by atoms with Crippen molar-refractivity contribution < 1.29 is 9.50 Å². The van der Waals surface area contributed by atoms with E-state index in [9.17, 15) is 9.50 Å². The second-order valence-corrected chi connectivity index (χ2v) is 5.34. The van der Waals surface area contributed by atoms with Crippen LogP contribution in [0.5, 0.6) is 0 Å². The van der Waals surface area contributed by atoms with Crippen molar-refractivity contribution in [1.82, 2.24) is 15.0 Å². The summed E-state index contributed by atoms with van der Waals surface area (Å²) >= 11 is 3.12. The van der Waals surface area contributed by atoms with Gasteiger partial charge >= 0.3 is 0 Å². The lowest BCUT2D eigenvalue weighted by molar-refractivity contribution is 0.212. The van der Waals surface area contributed by atoms with Crippen LogP contribution in [0.2, 0.25) is 0 Å². The lowest BCUT2D eigenvalue weighted by Gasteiger charge is -2.13. The van der Waals surface area contributed by atoms with Crippen LogP contribution in [0.1, 0.15) is 17.4 Å². The smallest absolute Gasteiger partial charge is 0.137 e. The molecule has 1 aromatic heterocycles. The van der Waals surface area contributed by atoms with Crippen molar-refractivity contribution in [2.45, 2.75) is 6.10 Å². The fourth-order valence-electron chi connectivity index (χ4n) is 2.05. The Morgan fingerprint density at radius 3 is 2.62 bits per heavy atom. The minimum atomic E-state index is -0.947. The highest BCUT2D eigenvalue weighted by atomic mass is 79.9. The van der Waals surface area contributed by atoms with Gasteiger partial charge in [0.25, 0.3) is 0 Å². The monoisotopic (exact) mass is 347 g/mol. The van der Waals surface area contributed by atoms with E-state index < -0.39 is 6.10 Å². The van der Waals surface area contributed by atoms with Gasteiger partial charge in [-0.1, -0.05) is 29.5 Å². The van der Waals surface area contributed by atoms with Gasteiger partial charge in [-0.3, -0.25) is 0 Å². The number of aliphatic hydroxyl groups excluding tert-OH is 1. The van der Waals surface area contributed by atoms with Crippen LogP contribution in [0.4, 0.5) is 4.39 Å². The fraction of sp³-hybridized carbons (Fsp3) is 0.0667. The topological polar surface area (TPSA) is 50.9 Å². The van der Waals surface area contributed by atoms with Crippen LogP contribution in [0.25, 0.3) is 5.69 Å². The van der Waals surface area contributed by atoms with E-state index in [1.807, 2.05) is 30.3 Å². The second kappa shape index (κ2) is 5.75. The average Bonchev–Trinajstić information content (AvgIpc) is 2.99. The third kappa shape index (κ3) is 2.72. The molecule has 1 atom stereocenters. The standard InChI is InChI=1S/C15H11BrFN3O/c16-12-8-10(6-7-13(12)17)15(21)14-9-18-19-20(14)11-4-2-1-3-5-11/h1-9,15,21H. The number of aromatic nitrogens is 3. The van der Waals surface area contributed by atoms with Gasteiger partial charge in [0.2, 0.25) is 0 Å². The Bertz CT molecular complexity index is 761. The number of halogens is 2. The Morgan fingerprint density at radius 1 is 1.14 bits per heavy atom. The molecule has 0 amide bonds. The third-order valence-electron chi connectivity index (χ3n) is 3.12. The summed E-state index contributed by atoms with van der Waals surface area (Å²) < 4.78 is 15.2. The van der Waals surface area contributed by atoms with Gasteiger partial charge in [-0.15, -0.1) is 5.10 Å². The predicted octanol–water partition coefficient (Wildman–Crippen LogP) is 3.25. The average molecular weight is 348 g/mol. The number of hydrogen-bond donors (Lipinski definition) is 1. The molecule has 21 heavy (non-hydrogen) atoms. The van der Waals surface area contributed by atoms with Gasteiger partial charge in [-0.2, -0.15) is 0 Å². The highest BCUT2D eigenvalue weighted by molar-refractivity contribution is 9.10. The molecule has 0 aliphatic carbocycles. The first-order valence-corrected chi connectivity index (χ1v) is 7.05. The van der Waals surface area contributed by atoms with Crippen LogP contribution in [0.15, 0.2) is 59.2 Å². The molecule has 106 valence electrons. The van der Waals surface area contributed by atoms with E-state index in [0.717, 1.165) is 5.69 Å². The van der Waals surface area contributed by atoms with Crippen molar-refractivity contribution in [3.8, 4) is 5.69 Å². The van der Waals surface area contributed by atoms with E-state index in [4.69, 9.17) is 0 Å². The first kappa shape index (κ1) is 13.9. The summed E-state index contributed by atoms with van der Waals surface area (Å²) in [7, 11) is 0. The Morgan fingerprint density at radius 2 is 1.90 bits per heavy atom. The Labute approximate surface area is 129 Å². The van der Waals surface area contributed by atoms with Gasteiger partial charge in [0.05, 0.1) is 22.1 Å². The molecule has 2 aromatic carbocycles. The maximum absolute atomic E-state index is 13.3. The van der Waals surface area contributed by atoms with Crippen molar-refractivity contribution in [2.75, 3.05) is 0 Å². The van der Waals surface area contributed by atoms with Crippen LogP contribution in [0.3, 0.4) is 0 Å². The van der Waals surface area contributed by atoms with Crippen LogP contribution in [-0.4, -0.2) is 20.1 Å². The van der Waals surface area contributed by atoms with E-state index >= 15 is 0 Å². The first-order chi connectivity index (χ1) is 10.2. The zero-order valence-corrected chi connectivity index (χ0v) is 12.4. The Balaban J connectivity index is 2.01. The molecule has 1 heterocycles. The van der Waals surface area contributed by atoms with Crippen LogP contribution in [0, 0.1) is 5.82 Å². The molecule has 0 bridgehead atoms. The molecule has 0 radical (unpaired) electrons. The number of rotatable bonds is 3. The molecule has 0 aliphatic heterocycles.